The zero-order valence-electron chi connectivity index (χ0n) is 7.01. The molecule has 0 amide bonds. The van der Waals surface area contributed by atoms with Crippen LogP contribution in [0.15, 0.2) is 6.07 Å². The van der Waals surface area contributed by atoms with Crippen molar-refractivity contribution >= 4 is 22.9 Å². The molecule has 0 aliphatic heterocycles. The van der Waals surface area contributed by atoms with Gasteiger partial charge in [0.05, 0.1) is 4.34 Å². The molecule has 12 heavy (non-hydrogen) atoms. The summed E-state index contributed by atoms with van der Waals surface area (Å²) < 4.78 is 0.879. The maximum atomic E-state index is 6.05. The molecule has 2 unspecified atom stereocenters. The molecule has 2 atom stereocenters. The molecule has 1 aromatic rings. The second kappa shape index (κ2) is 3.02. The lowest BCUT2D eigenvalue weighted by Crippen LogP contribution is -2.23. The lowest BCUT2D eigenvalue weighted by molar-refractivity contribution is 0.416. The Morgan fingerprint density at radius 2 is 2.42 bits per heavy atom. The minimum Gasteiger partial charge on any atom is -0.324 e. The van der Waals surface area contributed by atoms with Gasteiger partial charge in [-0.15, -0.1) is 11.3 Å². The van der Waals surface area contributed by atoms with Crippen LogP contribution in [0.2, 0.25) is 4.34 Å². The summed E-state index contributed by atoms with van der Waals surface area (Å²) in [6.07, 6.45) is 2.35. The molecule has 0 fully saturated rings. The van der Waals surface area contributed by atoms with Crippen molar-refractivity contribution in [2.75, 3.05) is 0 Å². The summed E-state index contributed by atoms with van der Waals surface area (Å²) in [5.74, 6) is 0.600. The first-order chi connectivity index (χ1) is 5.68. The number of halogens is 1. The molecule has 2 N–H and O–H groups in total. The molecule has 1 nitrogen and oxygen atoms in total. The summed E-state index contributed by atoms with van der Waals surface area (Å²) in [6, 6.07) is 2.24. The van der Waals surface area contributed by atoms with Crippen molar-refractivity contribution in [2.45, 2.75) is 25.8 Å². The third-order valence-electron chi connectivity index (χ3n) is 2.61. The molecule has 3 heteroatoms. The molecule has 1 heterocycles. The van der Waals surface area contributed by atoms with Crippen LogP contribution in [0.1, 0.15) is 29.8 Å². The lowest BCUT2D eigenvalue weighted by atomic mass is 9.86. The topological polar surface area (TPSA) is 26.0 Å². The molecular formula is C9H12ClNS. The molecule has 0 saturated heterocycles. The zero-order valence-corrected chi connectivity index (χ0v) is 8.58. The Kier molecular flexibility index (Phi) is 2.15. The molecule has 1 aliphatic rings. The van der Waals surface area contributed by atoms with Gasteiger partial charge in [0.2, 0.25) is 0 Å². The van der Waals surface area contributed by atoms with Crippen molar-refractivity contribution in [3.63, 3.8) is 0 Å². The summed E-state index contributed by atoms with van der Waals surface area (Å²) in [5.41, 5.74) is 7.33. The number of hydrogen-bond acceptors (Lipinski definition) is 2. The standard InChI is InChI=1S/C9H12ClNS/c1-5-2-3-7-6(9(5)11)4-8(10)12-7/h4-5,9H,2-3,11H2,1H3. The smallest absolute Gasteiger partial charge is 0.0934 e. The second-order valence-electron chi connectivity index (χ2n) is 3.47. The van der Waals surface area contributed by atoms with E-state index in [1.807, 2.05) is 6.07 Å². The van der Waals surface area contributed by atoms with Crippen molar-refractivity contribution in [1.29, 1.82) is 0 Å². The quantitative estimate of drug-likeness (QED) is 0.686. The van der Waals surface area contributed by atoms with Gasteiger partial charge in [0.1, 0.15) is 0 Å². The fourth-order valence-electron chi connectivity index (χ4n) is 1.73. The van der Waals surface area contributed by atoms with E-state index in [-0.39, 0.29) is 6.04 Å². The second-order valence-corrected chi connectivity index (χ2v) is 5.24. The molecule has 1 aromatic heterocycles. The Labute approximate surface area is 81.5 Å². The minimum absolute atomic E-state index is 0.206. The number of aryl methyl sites for hydroxylation is 1. The Bertz CT molecular complexity index is 295. The van der Waals surface area contributed by atoms with Crippen LogP contribution in [0.4, 0.5) is 0 Å². The highest BCUT2D eigenvalue weighted by atomic mass is 35.5. The van der Waals surface area contributed by atoms with Crippen LogP contribution in [0.25, 0.3) is 0 Å². The van der Waals surface area contributed by atoms with E-state index in [9.17, 15) is 0 Å². The largest absolute Gasteiger partial charge is 0.324 e. The molecule has 0 bridgehead atoms. The third-order valence-corrected chi connectivity index (χ3v) is 3.95. The van der Waals surface area contributed by atoms with E-state index in [0.717, 1.165) is 10.8 Å². The number of thiophene rings is 1. The number of hydrogen-bond donors (Lipinski definition) is 1. The van der Waals surface area contributed by atoms with E-state index in [0.29, 0.717) is 5.92 Å². The average Bonchev–Trinajstić information content (AvgIpc) is 2.39. The molecule has 0 spiro atoms. The molecule has 1 aliphatic carbocycles. The molecule has 0 saturated carbocycles. The van der Waals surface area contributed by atoms with E-state index < -0.39 is 0 Å². The van der Waals surface area contributed by atoms with E-state index in [4.69, 9.17) is 17.3 Å². The summed E-state index contributed by atoms with van der Waals surface area (Å²) >= 11 is 7.61. The van der Waals surface area contributed by atoms with Crippen molar-refractivity contribution in [3.05, 3.63) is 20.8 Å². The summed E-state index contributed by atoms with van der Waals surface area (Å²) in [4.78, 5) is 1.39. The Morgan fingerprint density at radius 3 is 3.17 bits per heavy atom. The number of nitrogens with two attached hydrogens (primary N) is 1. The first-order valence-electron chi connectivity index (χ1n) is 4.22. The first-order valence-corrected chi connectivity index (χ1v) is 5.41. The van der Waals surface area contributed by atoms with Gasteiger partial charge in [-0.05, 0) is 30.4 Å². The Hall–Kier alpha value is -0.0500. The van der Waals surface area contributed by atoms with E-state index in [1.165, 1.54) is 16.9 Å². The summed E-state index contributed by atoms with van der Waals surface area (Å²) in [5, 5.41) is 0. The van der Waals surface area contributed by atoms with Crippen LogP contribution < -0.4 is 5.73 Å². The highest BCUT2D eigenvalue weighted by molar-refractivity contribution is 7.16. The normalized spacial score (nSPS) is 28.6. The molecule has 0 radical (unpaired) electrons. The maximum Gasteiger partial charge on any atom is 0.0934 e. The zero-order chi connectivity index (χ0) is 8.72. The van der Waals surface area contributed by atoms with Crippen LogP contribution in [0.5, 0.6) is 0 Å². The first kappa shape index (κ1) is 8.54. The van der Waals surface area contributed by atoms with Gasteiger partial charge in [-0.3, -0.25) is 0 Å². The van der Waals surface area contributed by atoms with Gasteiger partial charge in [-0.2, -0.15) is 0 Å². The van der Waals surface area contributed by atoms with Gasteiger partial charge in [0.25, 0.3) is 0 Å². The van der Waals surface area contributed by atoms with Gasteiger partial charge in [0, 0.05) is 10.9 Å². The van der Waals surface area contributed by atoms with E-state index >= 15 is 0 Å². The van der Waals surface area contributed by atoms with Crippen molar-refractivity contribution < 1.29 is 0 Å². The summed E-state index contributed by atoms with van der Waals surface area (Å²) in [6.45, 7) is 2.21. The van der Waals surface area contributed by atoms with Gasteiger partial charge in [0.15, 0.2) is 0 Å². The number of fused-ring (bicyclic) bond motifs is 1. The van der Waals surface area contributed by atoms with E-state index in [2.05, 4.69) is 6.92 Å². The Balaban J connectivity index is 2.41. The highest BCUT2D eigenvalue weighted by Crippen LogP contribution is 2.39. The van der Waals surface area contributed by atoms with Gasteiger partial charge in [-0.1, -0.05) is 18.5 Å². The number of rotatable bonds is 0. The van der Waals surface area contributed by atoms with Crippen LogP contribution in [0, 0.1) is 5.92 Å². The molecular weight excluding hydrogens is 190 g/mol. The molecule has 0 aromatic carbocycles. The third kappa shape index (κ3) is 1.28. The van der Waals surface area contributed by atoms with Crippen molar-refractivity contribution in [1.82, 2.24) is 0 Å². The fourth-order valence-corrected chi connectivity index (χ4v) is 3.08. The monoisotopic (exact) mass is 201 g/mol. The summed E-state index contributed by atoms with van der Waals surface area (Å²) in [7, 11) is 0. The molecule has 66 valence electrons. The highest BCUT2D eigenvalue weighted by Gasteiger charge is 2.25. The van der Waals surface area contributed by atoms with Gasteiger partial charge >= 0.3 is 0 Å². The SMILES string of the molecule is CC1CCc2sc(Cl)cc2C1N. The van der Waals surface area contributed by atoms with Crippen molar-refractivity contribution in [3.8, 4) is 0 Å². The average molecular weight is 202 g/mol. The van der Waals surface area contributed by atoms with E-state index in [1.54, 1.807) is 11.3 Å². The van der Waals surface area contributed by atoms with Crippen LogP contribution in [-0.4, -0.2) is 0 Å². The fraction of sp³-hybridized carbons (Fsp3) is 0.556. The predicted octanol–water partition coefficient (Wildman–Crippen LogP) is 2.98. The minimum atomic E-state index is 0.206. The van der Waals surface area contributed by atoms with Crippen LogP contribution in [-0.2, 0) is 6.42 Å². The van der Waals surface area contributed by atoms with Crippen LogP contribution >= 0.6 is 22.9 Å². The van der Waals surface area contributed by atoms with Crippen LogP contribution in [0.3, 0.4) is 0 Å². The molecule has 2 rings (SSSR count). The van der Waals surface area contributed by atoms with Gasteiger partial charge < -0.3 is 5.73 Å². The predicted molar refractivity (Wildman–Crippen MR) is 53.7 cm³/mol. The lowest BCUT2D eigenvalue weighted by Gasteiger charge is -2.25. The maximum absolute atomic E-state index is 6.05. The Morgan fingerprint density at radius 1 is 1.67 bits per heavy atom. The van der Waals surface area contributed by atoms with Gasteiger partial charge in [-0.25, -0.2) is 0 Å². The van der Waals surface area contributed by atoms with Crippen molar-refractivity contribution in [2.24, 2.45) is 11.7 Å².